The maximum Gasteiger partial charge on any atom is 0.220 e. The molecule has 0 radical (unpaired) electrons. The first-order chi connectivity index (χ1) is 11.3. The summed E-state index contributed by atoms with van der Waals surface area (Å²) in [5.41, 5.74) is 10.5. The number of anilines is 2. The van der Waals surface area contributed by atoms with Crippen molar-refractivity contribution in [2.45, 2.75) is 39.7 Å². The van der Waals surface area contributed by atoms with Gasteiger partial charge >= 0.3 is 0 Å². The second-order valence-electron chi connectivity index (χ2n) is 7.28. The molecule has 0 unspecified atom stereocenters. The molecule has 0 amide bonds. The third-order valence-corrected chi connectivity index (χ3v) is 4.31. The predicted octanol–water partition coefficient (Wildman–Crippen LogP) is 3.50. The quantitative estimate of drug-likeness (QED) is 0.937. The fourth-order valence-electron chi connectivity index (χ4n) is 2.82. The van der Waals surface area contributed by atoms with Crippen LogP contribution in [0.5, 0.6) is 0 Å². The summed E-state index contributed by atoms with van der Waals surface area (Å²) >= 11 is 0. The van der Waals surface area contributed by atoms with Crippen molar-refractivity contribution in [1.29, 1.82) is 0 Å². The second-order valence-corrected chi connectivity index (χ2v) is 7.28. The highest BCUT2D eigenvalue weighted by atomic mass is 15.4. The van der Waals surface area contributed by atoms with Gasteiger partial charge in [-0.15, -0.1) is 0 Å². The Morgan fingerprint density at radius 3 is 2.46 bits per heavy atom. The van der Waals surface area contributed by atoms with E-state index >= 15 is 0 Å². The molecule has 5 nitrogen and oxygen atoms in total. The summed E-state index contributed by atoms with van der Waals surface area (Å²) in [5.74, 6) is 0.322. The van der Waals surface area contributed by atoms with E-state index < -0.39 is 0 Å². The van der Waals surface area contributed by atoms with E-state index in [0.717, 1.165) is 18.9 Å². The Labute approximate surface area is 143 Å². The average molecular weight is 323 g/mol. The van der Waals surface area contributed by atoms with Gasteiger partial charge in [-0.1, -0.05) is 32.9 Å². The minimum atomic E-state index is 0.175. The smallest absolute Gasteiger partial charge is 0.220 e. The molecule has 2 N–H and O–H groups in total. The van der Waals surface area contributed by atoms with E-state index in [-0.39, 0.29) is 5.41 Å². The second kappa shape index (κ2) is 6.15. The molecule has 0 aliphatic carbocycles. The van der Waals surface area contributed by atoms with Crippen LogP contribution in [0.1, 0.15) is 39.0 Å². The zero-order chi connectivity index (χ0) is 17.3. The van der Waals surface area contributed by atoms with Gasteiger partial charge in [0, 0.05) is 23.8 Å². The maximum absolute atomic E-state index is 5.67. The van der Waals surface area contributed by atoms with Crippen LogP contribution >= 0.6 is 0 Å². The van der Waals surface area contributed by atoms with E-state index in [1.807, 2.05) is 6.07 Å². The van der Waals surface area contributed by atoms with Crippen LogP contribution in [0.3, 0.4) is 0 Å². The van der Waals surface area contributed by atoms with Crippen molar-refractivity contribution in [3.63, 3.8) is 0 Å². The molecule has 0 fully saturated rings. The summed E-state index contributed by atoms with van der Waals surface area (Å²) in [6, 6.07) is 10.7. The van der Waals surface area contributed by atoms with Crippen LogP contribution in [0.4, 0.5) is 11.6 Å². The topological polar surface area (TPSA) is 58.3 Å². The molecule has 0 saturated carbocycles. The van der Waals surface area contributed by atoms with Crippen molar-refractivity contribution < 1.29 is 0 Å². The van der Waals surface area contributed by atoms with Crippen molar-refractivity contribution >= 4 is 11.6 Å². The normalized spacial score (nSPS) is 14.9. The van der Waals surface area contributed by atoms with Crippen LogP contribution in [-0.2, 0) is 12.0 Å². The molecule has 1 aromatic carbocycles. The Hall–Kier alpha value is -2.56. The third-order valence-electron chi connectivity index (χ3n) is 4.31. The number of rotatable bonds is 3. The van der Waals surface area contributed by atoms with Gasteiger partial charge in [0.05, 0.1) is 18.9 Å². The van der Waals surface area contributed by atoms with E-state index in [9.17, 15) is 0 Å². The molecule has 0 spiro atoms. The number of nitrogens with zero attached hydrogens (tertiary/aromatic N) is 4. The lowest BCUT2D eigenvalue weighted by Crippen LogP contribution is -2.26. The molecular formula is C19H25N5. The Balaban J connectivity index is 1.71. The molecule has 126 valence electrons. The number of benzene rings is 1. The lowest BCUT2D eigenvalue weighted by molar-refractivity contribution is 0.365. The van der Waals surface area contributed by atoms with Gasteiger partial charge in [-0.05, 0) is 36.1 Å². The summed E-state index contributed by atoms with van der Waals surface area (Å²) < 4.78 is 0. The highest BCUT2D eigenvalue weighted by Crippen LogP contribution is 2.28. The molecule has 1 aliphatic heterocycles. The van der Waals surface area contributed by atoms with Crippen LogP contribution in [0, 0.1) is 0 Å². The molecule has 1 aliphatic rings. The first-order valence-electron chi connectivity index (χ1n) is 8.21. The van der Waals surface area contributed by atoms with Gasteiger partial charge in [-0.25, -0.2) is 9.97 Å². The number of nitrogens with two attached hydrogens (primary N) is 1. The molecule has 1 aromatic heterocycles. The van der Waals surface area contributed by atoms with Crippen molar-refractivity contribution in [3.8, 4) is 0 Å². The van der Waals surface area contributed by atoms with Gasteiger partial charge in [-0.2, -0.15) is 0 Å². The van der Waals surface area contributed by atoms with Crippen molar-refractivity contribution in [2.24, 2.45) is 0 Å². The summed E-state index contributed by atoms with van der Waals surface area (Å²) in [6.07, 6.45) is 3.88. The molecule has 5 heteroatoms. The summed E-state index contributed by atoms with van der Waals surface area (Å²) in [6.45, 7) is 10.4. The number of nitrogen functional groups attached to an aromatic ring is 1. The minimum absolute atomic E-state index is 0.175. The summed E-state index contributed by atoms with van der Waals surface area (Å²) in [5, 5.41) is 0. The van der Waals surface area contributed by atoms with E-state index in [1.54, 1.807) is 6.20 Å². The Bertz CT molecular complexity index is 743. The van der Waals surface area contributed by atoms with Crippen LogP contribution in [0.15, 0.2) is 48.4 Å². The van der Waals surface area contributed by atoms with E-state index in [0.29, 0.717) is 5.95 Å². The summed E-state index contributed by atoms with van der Waals surface area (Å²) in [7, 11) is 0. The molecule has 0 saturated heterocycles. The first-order valence-corrected chi connectivity index (χ1v) is 8.21. The van der Waals surface area contributed by atoms with E-state index in [1.165, 1.54) is 16.9 Å². The zero-order valence-corrected chi connectivity index (χ0v) is 14.8. The third kappa shape index (κ3) is 3.50. The van der Waals surface area contributed by atoms with Gasteiger partial charge in [-0.3, -0.25) is 0 Å². The molecule has 2 heterocycles. The molecular weight excluding hydrogens is 298 g/mol. The predicted molar refractivity (Wildman–Crippen MR) is 98.2 cm³/mol. The number of aromatic nitrogens is 2. The Kier molecular flexibility index (Phi) is 4.18. The van der Waals surface area contributed by atoms with E-state index in [4.69, 9.17) is 5.73 Å². The SMILES string of the molecule is CC1=CN(c2ccc(C(C)(C)C)cc2)CN1Cc1ccnc(N)n1. The van der Waals surface area contributed by atoms with Crippen LogP contribution in [0.2, 0.25) is 0 Å². The van der Waals surface area contributed by atoms with Crippen LogP contribution < -0.4 is 10.6 Å². The van der Waals surface area contributed by atoms with Crippen molar-refractivity contribution in [2.75, 3.05) is 17.3 Å². The summed E-state index contributed by atoms with van der Waals surface area (Å²) in [4.78, 5) is 12.8. The first kappa shape index (κ1) is 16.3. The standard InChI is InChI=1S/C19H25N5/c1-14-11-24(17-7-5-15(6-8-17)19(2,3)4)13-23(14)12-16-9-10-21-18(20)22-16/h5-11H,12-13H2,1-4H3,(H2,20,21,22). The molecule has 0 atom stereocenters. The van der Waals surface area contributed by atoms with Gasteiger partial charge in [0.25, 0.3) is 0 Å². The highest BCUT2D eigenvalue weighted by molar-refractivity contribution is 5.52. The van der Waals surface area contributed by atoms with Crippen LogP contribution in [0.25, 0.3) is 0 Å². The largest absolute Gasteiger partial charge is 0.368 e. The maximum atomic E-state index is 5.67. The number of hydrogen-bond donors (Lipinski definition) is 1. The molecule has 24 heavy (non-hydrogen) atoms. The van der Waals surface area contributed by atoms with Crippen LogP contribution in [-0.4, -0.2) is 21.5 Å². The Morgan fingerprint density at radius 2 is 1.83 bits per heavy atom. The van der Waals surface area contributed by atoms with Gasteiger partial charge in [0.1, 0.15) is 0 Å². The van der Waals surface area contributed by atoms with Gasteiger partial charge in [0.2, 0.25) is 5.95 Å². The molecule has 2 aromatic rings. The zero-order valence-electron chi connectivity index (χ0n) is 14.8. The fourth-order valence-corrected chi connectivity index (χ4v) is 2.82. The lowest BCUT2D eigenvalue weighted by Gasteiger charge is -2.24. The minimum Gasteiger partial charge on any atom is -0.368 e. The molecule has 3 rings (SSSR count). The van der Waals surface area contributed by atoms with Gasteiger partial charge in [0.15, 0.2) is 0 Å². The highest BCUT2D eigenvalue weighted by Gasteiger charge is 2.20. The van der Waals surface area contributed by atoms with E-state index in [2.05, 4.69) is 77.9 Å². The van der Waals surface area contributed by atoms with Crippen molar-refractivity contribution in [3.05, 3.63) is 59.7 Å². The van der Waals surface area contributed by atoms with Gasteiger partial charge < -0.3 is 15.5 Å². The lowest BCUT2D eigenvalue weighted by atomic mass is 9.87. The fraction of sp³-hybridized carbons (Fsp3) is 0.368. The Morgan fingerprint density at radius 1 is 1.12 bits per heavy atom. The number of allylic oxidation sites excluding steroid dienone is 1. The average Bonchev–Trinajstić information content (AvgIpc) is 2.88. The number of hydrogen-bond acceptors (Lipinski definition) is 5. The molecule has 0 bridgehead atoms. The monoisotopic (exact) mass is 323 g/mol. The van der Waals surface area contributed by atoms with Crippen molar-refractivity contribution in [1.82, 2.24) is 14.9 Å².